The molecule has 0 atom stereocenters. The third kappa shape index (κ3) is 5.40. The van der Waals surface area contributed by atoms with E-state index in [1.165, 1.54) is 0 Å². The minimum absolute atomic E-state index is 0. The molecule has 0 bridgehead atoms. The number of hydrogen-bond donors (Lipinski definition) is 1. The van der Waals surface area contributed by atoms with E-state index in [0.29, 0.717) is 17.5 Å². The molecule has 102 valence electrons. The van der Waals surface area contributed by atoms with Crippen molar-refractivity contribution in [2.45, 2.75) is 6.42 Å². The van der Waals surface area contributed by atoms with Crippen molar-refractivity contribution in [2.75, 3.05) is 39.5 Å². The molecule has 0 spiro atoms. The normalized spacial score (nSPS) is 16.1. The SMILES string of the molecule is Clc1ccc(OCCC[NH+]2CCOCC2)nc1.[Cl-]. The fraction of sp³-hybridized carbons (Fsp3) is 0.583. The molecule has 2 heterocycles. The van der Waals surface area contributed by atoms with Crippen molar-refractivity contribution >= 4 is 11.6 Å². The van der Waals surface area contributed by atoms with Crippen LogP contribution in [-0.4, -0.2) is 44.4 Å². The van der Waals surface area contributed by atoms with Gasteiger partial charge >= 0.3 is 0 Å². The van der Waals surface area contributed by atoms with Crippen LogP contribution >= 0.6 is 11.6 Å². The molecule has 4 nitrogen and oxygen atoms in total. The van der Waals surface area contributed by atoms with Gasteiger partial charge in [0.15, 0.2) is 0 Å². The average molecular weight is 293 g/mol. The first kappa shape index (κ1) is 15.5. The fourth-order valence-electron chi connectivity index (χ4n) is 1.86. The Kier molecular flexibility index (Phi) is 7.35. The van der Waals surface area contributed by atoms with Crippen LogP contribution in [0.3, 0.4) is 0 Å². The van der Waals surface area contributed by atoms with E-state index in [2.05, 4.69) is 4.98 Å². The number of rotatable bonds is 5. The first-order valence-corrected chi connectivity index (χ1v) is 6.38. The highest BCUT2D eigenvalue weighted by atomic mass is 35.5. The van der Waals surface area contributed by atoms with E-state index in [1.807, 2.05) is 0 Å². The van der Waals surface area contributed by atoms with Gasteiger partial charge in [-0.05, 0) is 6.07 Å². The minimum atomic E-state index is 0. The van der Waals surface area contributed by atoms with E-state index < -0.39 is 0 Å². The van der Waals surface area contributed by atoms with Gasteiger partial charge in [0.1, 0.15) is 13.1 Å². The lowest BCUT2D eigenvalue weighted by atomic mass is 10.3. The quantitative estimate of drug-likeness (QED) is 0.606. The van der Waals surface area contributed by atoms with Crippen LogP contribution in [0.1, 0.15) is 6.42 Å². The van der Waals surface area contributed by atoms with E-state index in [4.69, 9.17) is 21.1 Å². The topological polar surface area (TPSA) is 35.8 Å². The molecule has 0 radical (unpaired) electrons. The number of nitrogens with zero attached hydrogens (tertiary/aromatic N) is 1. The van der Waals surface area contributed by atoms with Crippen molar-refractivity contribution in [3.63, 3.8) is 0 Å². The zero-order valence-corrected chi connectivity index (χ0v) is 11.7. The molecule has 0 saturated carbocycles. The van der Waals surface area contributed by atoms with Gasteiger partial charge in [-0.1, -0.05) is 11.6 Å². The second kappa shape index (κ2) is 8.53. The maximum Gasteiger partial charge on any atom is 0.213 e. The van der Waals surface area contributed by atoms with E-state index in [9.17, 15) is 0 Å². The Morgan fingerprint density at radius 1 is 1.33 bits per heavy atom. The van der Waals surface area contributed by atoms with Crippen LogP contribution < -0.4 is 22.0 Å². The lowest BCUT2D eigenvalue weighted by Crippen LogP contribution is -3.14. The molecular weight excluding hydrogens is 275 g/mol. The van der Waals surface area contributed by atoms with Crippen LogP contribution in [0.5, 0.6) is 5.88 Å². The molecule has 1 N–H and O–H groups in total. The van der Waals surface area contributed by atoms with Crippen molar-refractivity contribution < 1.29 is 26.8 Å². The Hall–Kier alpha value is -0.550. The molecule has 0 aliphatic carbocycles. The molecule has 6 heteroatoms. The second-order valence-electron chi connectivity index (χ2n) is 4.13. The number of quaternary nitrogens is 1. The Bertz CT molecular complexity index is 329. The summed E-state index contributed by atoms with van der Waals surface area (Å²) in [4.78, 5) is 5.68. The summed E-state index contributed by atoms with van der Waals surface area (Å²) in [5.41, 5.74) is 0. The molecule has 0 unspecified atom stereocenters. The molecular formula is C12H18Cl2N2O2. The van der Waals surface area contributed by atoms with Crippen LogP contribution in [0.2, 0.25) is 5.02 Å². The molecule has 1 saturated heterocycles. The molecule has 1 fully saturated rings. The minimum Gasteiger partial charge on any atom is -1.00 e. The van der Waals surface area contributed by atoms with Crippen LogP contribution in [0.25, 0.3) is 0 Å². The fourth-order valence-corrected chi connectivity index (χ4v) is 1.97. The Labute approximate surface area is 119 Å². The zero-order valence-electron chi connectivity index (χ0n) is 10.2. The smallest absolute Gasteiger partial charge is 0.213 e. The highest BCUT2D eigenvalue weighted by Gasteiger charge is 2.12. The van der Waals surface area contributed by atoms with Gasteiger partial charge in [0.05, 0.1) is 31.4 Å². The summed E-state index contributed by atoms with van der Waals surface area (Å²) in [6, 6.07) is 3.58. The van der Waals surface area contributed by atoms with Gasteiger partial charge in [-0.2, -0.15) is 0 Å². The highest BCUT2D eigenvalue weighted by Crippen LogP contribution is 2.11. The maximum atomic E-state index is 5.74. The van der Waals surface area contributed by atoms with Gasteiger partial charge in [0.2, 0.25) is 5.88 Å². The predicted molar refractivity (Wildman–Crippen MR) is 65.7 cm³/mol. The summed E-state index contributed by atoms with van der Waals surface area (Å²) in [5, 5.41) is 0.634. The van der Waals surface area contributed by atoms with Crippen LogP contribution in [0.4, 0.5) is 0 Å². The van der Waals surface area contributed by atoms with Crippen molar-refractivity contribution in [2.24, 2.45) is 0 Å². The Morgan fingerprint density at radius 3 is 2.78 bits per heavy atom. The lowest BCUT2D eigenvalue weighted by molar-refractivity contribution is -0.908. The third-order valence-electron chi connectivity index (χ3n) is 2.82. The van der Waals surface area contributed by atoms with E-state index >= 15 is 0 Å². The molecule has 0 aromatic carbocycles. The first-order chi connectivity index (χ1) is 8.34. The zero-order chi connectivity index (χ0) is 11.9. The highest BCUT2D eigenvalue weighted by molar-refractivity contribution is 6.30. The molecule has 1 aromatic rings. The number of hydrogen-bond acceptors (Lipinski definition) is 3. The van der Waals surface area contributed by atoms with E-state index in [1.54, 1.807) is 23.2 Å². The van der Waals surface area contributed by atoms with Gasteiger partial charge in [-0.3, -0.25) is 0 Å². The molecule has 1 aromatic heterocycles. The summed E-state index contributed by atoms with van der Waals surface area (Å²) in [6.07, 6.45) is 2.64. The van der Waals surface area contributed by atoms with Crippen LogP contribution in [0.15, 0.2) is 18.3 Å². The van der Waals surface area contributed by atoms with Crippen molar-refractivity contribution in [1.29, 1.82) is 0 Å². The van der Waals surface area contributed by atoms with Gasteiger partial charge in [-0.25, -0.2) is 4.98 Å². The van der Waals surface area contributed by atoms with Crippen molar-refractivity contribution in [3.8, 4) is 5.88 Å². The number of aromatic nitrogens is 1. The summed E-state index contributed by atoms with van der Waals surface area (Å²) in [7, 11) is 0. The number of morpholine rings is 1. The second-order valence-corrected chi connectivity index (χ2v) is 4.57. The van der Waals surface area contributed by atoms with Gasteiger partial charge < -0.3 is 26.8 Å². The number of halogens is 2. The predicted octanol–water partition coefficient (Wildman–Crippen LogP) is -2.58. The molecule has 0 amide bonds. The van der Waals surface area contributed by atoms with Crippen LogP contribution in [-0.2, 0) is 4.74 Å². The number of nitrogens with one attached hydrogen (secondary N) is 1. The van der Waals surface area contributed by atoms with Gasteiger partial charge in [0, 0.05) is 18.7 Å². The lowest BCUT2D eigenvalue weighted by Gasteiger charge is -2.23. The number of ether oxygens (including phenoxy) is 2. The summed E-state index contributed by atoms with van der Waals surface area (Å²) in [5.74, 6) is 0.645. The number of pyridine rings is 1. The van der Waals surface area contributed by atoms with Gasteiger partial charge in [-0.15, -0.1) is 0 Å². The first-order valence-electron chi connectivity index (χ1n) is 6.00. The Morgan fingerprint density at radius 2 is 2.11 bits per heavy atom. The molecule has 1 aliphatic heterocycles. The van der Waals surface area contributed by atoms with E-state index in [-0.39, 0.29) is 12.4 Å². The van der Waals surface area contributed by atoms with Crippen LogP contribution in [0, 0.1) is 0 Å². The molecule has 18 heavy (non-hydrogen) atoms. The van der Waals surface area contributed by atoms with E-state index in [0.717, 1.165) is 39.3 Å². The maximum absolute atomic E-state index is 5.74. The summed E-state index contributed by atoms with van der Waals surface area (Å²) >= 11 is 5.74. The third-order valence-corrected chi connectivity index (χ3v) is 3.05. The monoisotopic (exact) mass is 292 g/mol. The average Bonchev–Trinajstić information content (AvgIpc) is 2.38. The van der Waals surface area contributed by atoms with Crippen molar-refractivity contribution in [3.05, 3.63) is 23.4 Å². The standard InChI is InChI=1S/C12H17ClN2O2.ClH/c13-11-2-3-12(14-10-11)17-7-1-4-15-5-8-16-9-6-15;/h2-3,10H,1,4-9H2;1H. The summed E-state index contributed by atoms with van der Waals surface area (Å²) < 4.78 is 10.8. The van der Waals surface area contributed by atoms with Crippen molar-refractivity contribution in [1.82, 2.24) is 4.98 Å². The molecule has 2 rings (SSSR count). The Balaban J connectivity index is 0.00000162. The molecule has 1 aliphatic rings. The largest absolute Gasteiger partial charge is 1.00 e. The van der Waals surface area contributed by atoms with Gasteiger partial charge in [0.25, 0.3) is 0 Å². The summed E-state index contributed by atoms with van der Waals surface area (Å²) in [6.45, 7) is 5.83.